The number of carbonyl (C=O) groups is 7. The molecule has 0 radical (unpaired) electrons. The highest BCUT2D eigenvalue weighted by Crippen LogP contribution is 2.20. The summed E-state index contributed by atoms with van der Waals surface area (Å²) in [5.74, 6) is -2.64. The van der Waals surface area contributed by atoms with Crippen molar-refractivity contribution in [2.24, 2.45) is 0 Å². The van der Waals surface area contributed by atoms with Gasteiger partial charge >= 0.3 is 42.2 Å². The molecular weight excluding hydrogens is 833 g/mol. The third-order valence-electron chi connectivity index (χ3n) is 7.38. The normalized spacial score (nSPS) is 9.50. The summed E-state index contributed by atoms with van der Waals surface area (Å²) in [5, 5.41) is 0. The second-order valence-corrected chi connectivity index (χ2v) is 11.9. The Hall–Kier alpha value is -7.49. The fourth-order valence-corrected chi connectivity index (χ4v) is 4.34. The third-order valence-corrected chi connectivity index (χ3v) is 7.38. The van der Waals surface area contributed by atoms with Crippen LogP contribution in [0.15, 0.2) is 123 Å². The predicted molar refractivity (Wildman–Crippen MR) is 237 cm³/mol. The Morgan fingerprint density at radius 2 is 0.719 bits per heavy atom. The van der Waals surface area contributed by atoms with Gasteiger partial charge in [0.05, 0.1) is 43.1 Å². The second-order valence-electron chi connectivity index (χ2n) is 11.9. The molecule has 64 heavy (non-hydrogen) atoms. The largest absolute Gasteiger partial charge is 0.513 e. The highest BCUT2D eigenvalue weighted by atomic mass is 16.7. The Morgan fingerprint density at radius 3 is 1.03 bits per heavy atom. The zero-order valence-corrected chi connectivity index (χ0v) is 36.0. The molecule has 0 atom stereocenters. The minimum atomic E-state index is -0.941. The summed E-state index contributed by atoms with van der Waals surface area (Å²) in [6.45, 7) is 22.5. The van der Waals surface area contributed by atoms with E-state index >= 15 is 0 Å². The number of carbonyl (C=O) groups excluding carboxylic acids is 7. The van der Waals surface area contributed by atoms with Crippen molar-refractivity contribution in [2.75, 3.05) is 26.4 Å². The Bertz CT molecular complexity index is 1980. The molecule has 0 aliphatic carbocycles. The first kappa shape index (κ1) is 56.5. The standard InChI is InChI=1S/C43H42O16.2C2H6.CH4/c1-5-37(44)51-25-7-9-27-53-42(49)58-35-21-15-32(16-22-35)40(47)56-30(4)12-11-29(3)55-39(46)31-13-19-34(20-14-31)57-41(48)33-17-23-36(24-18-33)59-43(50)54-28-10-8-26-52-38(45)6-2;2*1-2;/h5-6,13-24H,1-4,7-12,25-28H2;2*1-2H3;1H4. The van der Waals surface area contributed by atoms with Gasteiger partial charge in [-0.15, -0.1) is 0 Å². The Balaban J connectivity index is 0.00000771. The fraction of sp³-hybridized carbons (Fsp3) is 0.312. The molecule has 3 aromatic carbocycles. The van der Waals surface area contributed by atoms with Crippen LogP contribution in [0, 0.1) is 0 Å². The van der Waals surface area contributed by atoms with Crippen molar-refractivity contribution in [3.8, 4) is 17.2 Å². The van der Waals surface area contributed by atoms with Crippen LogP contribution >= 0.6 is 0 Å². The van der Waals surface area contributed by atoms with Gasteiger partial charge in [-0.25, -0.2) is 33.6 Å². The highest BCUT2D eigenvalue weighted by Gasteiger charge is 2.16. The molecule has 16 nitrogen and oxygen atoms in total. The Labute approximate surface area is 374 Å². The Kier molecular flexibility index (Phi) is 29.3. The van der Waals surface area contributed by atoms with E-state index in [1.165, 1.54) is 72.8 Å². The first-order chi connectivity index (χ1) is 30.4. The predicted octanol–water partition coefficient (Wildman–Crippen LogP) is 10.5. The summed E-state index contributed by atoms with van der Waals surface area (Å²) in [4.78, 5) is 83.6. The van der Waals surface area contributed by atoms with Gasteiger partial charge in [0.1, 0.15) is 28.8 Å². The third kappa shape index (κ3) is 23.5. The molecule has 0 unspecified atom stereocenters. The van der Waals surface area contributed by atoms with Crippen LogP contribution in [0.1, 0.15) is 105 Å². The molecule has 0 aliphatic heterocycles. The van der Waals surface area contributed by atoms with Gasteiger partial charge in [0.25, 0.3) is 0 Å². The second kappa shape index (κ2) is 33.2. The van der Waals surface area contributed by atoms with Crippen molar-refractivity contribution in [1.29, 1.82) is 0 Å². The van der Waals surface area contributed by atoms with Gasteiger partial charge in [-0.2, -0.15) is 0 Å². The van der Waals surface area contributed by atoms with Gasteiger partial charge in [-0.1, -0.05) is 61.4 Å². The SMILES string of the molecule is C.C=CC(=O)OCCCCOC(=O)Oc1ccc(C(=O)OC(=C)CCC(=C)OC(=O)c2ccc(OC(=O)c3ccc(OC(=O)OCCCCOC(=O)C=C)cc3)cc2)cc1.CC.CC. The lowest BCUT2D eigenvalue weighted by Gasteiger charge is -2.11. The molecular formula is C48H58O16. The van der Waals surface area contributed by atoms with E-state index in [4.69, 9.17) is 42.6 Å². The van der Waals surface area contributed by atoms with E-state index in [2.05, 4.69) is 26.3 Å². The molecule has 3 aromatic rings. The first-order valence-corrected chi connectivity index (χ1v) is 20.0. The number of rotatable bonds is 23. The molecule has 0 spiro atoms. The van der Waals surface area contributed by atoms with E-state index in [9.17, 15) is 33.6 Å². The van der Waals surface area contributed by atoms with Gasteiger partial charge in [0.15, 0.2) is 0 Å². The van der Waals surface area contributed by atoms with Crippen molar-refractivity contribution in [3.05, 3.63) is 139 Å². The summed E-state index contributed by atoms with van der Waals surface area (Å²) < 4.78 is 45.6. The molecule has 0 aromatic heterocycles. The summed E-state index contributed by atoms with van der Waals surface area (Å²) in [6, 6.07) is 16.7. The van der Waals surface area contributed by atoms with E-state index in [1.54, 1.807) is 0 Å². The molecule has 0 heterocycles. The average Bonchev–Trinajstić information content (AvgIpc) is 3.29. The van der Waals surface area contributed by atoms with Gasteiger partial charge in [-0.3, -0.25) is 0 Å². The van der Waals surface area contributed by atoms with Crippen molar-refractivity contribution < 1.29 is 76.2 Å². The number of benzene rings is 3. The van der Waals surface area contributed by atoms with Crippen LogP contribution in [-0.4, -0.2) is 68.6 Å². The van der Waals surface area contributed by atoms with Gasteiger partial charge in [-0.05, 0) is 98.5 Å². The molecule has 3 rings (SSSR count). The minimum Gasteiger partial charge on any atom is -0.463 e. The van der Waals surface area contributed by atoms with Crippen LogP contribution in [0.2, 0.25) is 0 Å². The Morgan fingerprint density at radius 1 is 0.438 bits per heavy atom. The number of ether oxygens (including phenoxy) is 9. The summed E-state index contributed by atoms with van der Waals surface area (Å²) >= 11 is 0. The molecule has 0 saturated carbocycles. The lowest BCUT2D eigenvalue weighted by Crippen LogP contribution is -2.13. The van der Waals surface area contributed by atoms with Crippen LogP contribution in [0.4, 0.5) is 9.59 Å². The lowest BCUT2D eigenvalue weighted by molar-refractivity contribution is -0.138. The summed E-state index contributed by atoms with van der Waals surface area (Å²) in [5.41, 5.74) is 0.453. The number of hydrogen-bond donors (Lipinski definition) is 0. The fourth-order valence-electron chi connectivity index (χ4n) is 4.34. The molecule has 346 valence electrons. The lowest BCUT2D eigenvalue weighted by atomic mass is 10.2. The quantitative estimate of drug-likeness (QED) is 0.0165. The maximum absolute atomic E-state index is 12.7. The van der Waals surface area contributed by atoms with Crippen LogP contribution in [0.5, 0.6) is 17.2 Å². The van der Waals surface area contributed by atoms with E-state index in [-0.39, 0.29) is 92.2 Å². The van der Waals surface area contributed by atoms with Crippen molar-refractivity contribution in [3.63, 3.8) is 0 Å². The maximum atomic E-state index is 12.7. The van der Waals surface area contributed by atoms with Gasteiger partial charge in [0, 0.05) is 25.0 Å². The minimum absolute atomic E-state index is 0. The van der Waals surface area contributed by atoms with E-state index in [0.29, 0.717) is 25.7 Å². The number of unbranched alkanes of at least 4 members (excludes halogenated alkanes) is 2. The molecule has 0 saturated heterocycles. The number of allylic oxidation sites excluding steroid dienone is 2. The molecule has 16 heteroatoms. The average molecular weight is 891 g/mol. The molecule has 0 fully saturated rings. The van der Waals surface area contributed by atoms with Crippen LogP contribution in [0.3, 0.4) is 0 Å². The van der Waals surface area contributed by atoms with Crippen molar-refractivity contribution >= 4 is 42.2 Å². The summed E-state index contributed by atoms with van der Waals surface area (Å²) in [7, 11) is 0. The van der Waals surface area contributed by atoms with Gasteiger partial charge < -0.3 is 42.6 Å². The molecule has 0 N–H and O–H groups in total. The molecule has 0 aliphatic rings. The smallest absolute Gasteiger partial charge is 0.463 e. The van der Waals surface area contributed by atoms with Crippen LogP contribution < -0.4 is 14.2 Å². The van der Waals surface area contributed by atoms with E-state index in [1.807, 2.05) is 27.7 Å². The highest BCUT2D eigenvalue weighted by molar-refractivity contribution is 5.92. The zero-order chi connectivity index (χ0) is 47.0. The number of hydrogen-bond acceptors (Lipinski definition) is 16. The van der Waals surface area contributed by atoms with Crippen LogP contribution in [-0.2, 0) is 38.0 Å². The van der Waals surface area contributed by atoms with Crippen molar-refractivity contribution in [1.82, 2.24) is 0 Å². The maximum Gasteiger partial charge on any atom is 0.513 e. The van der Waals surface area contributed by atoms with Gasteiger partial charge in [0.2, 0.25) is 0 Å². The van der Waals surface area contributed by atoms with E-state index in [0.717, 1.165) is 12.2 Å². The first-order valence-electron chi connectivity index (χ1n) is 20.0. The monoisotopic (exact) mass is 890 g/mol. The summed E-state index contributed by atoms with van der Waals surface area (Å²) in [6.07, 6.45) is 2.30. The van der Waals surface area contributed by atoms with E-state index < -0.39 is 42.2 Å². The zero-order valence-electron chi connectivity index (χ0n) is 36.0. The molecule has 0 bridgehead atoms. The number of esters is 5. The van der Waals surface area contributed by atoms with Crippen molar-refractivity contribution in [2.45, 2.75) is 73.6 Å². The molecule has 0 amide bonds. The van der Waals surface area contributed by atoms with Crippen LogP contribution in [0.25, 0.3) is 0 Å². The topological polar surface area (TPSA) is 203 Å².